The Kier molecular flexibility index (Phi) is 3.01. The zero-order valence-electron chi connectivity index (χ0n) is 8.12. The van der Waals surface area contributed by atoms with E-state index in [4.69, 9.17) is 0 Å². The first-order valence-corrected chi connectivity index (χ1v) is 5.97. The highest BCUT2D eigenvalue weighted by Gasteiger charge is 2.27. The van der Waals surface area contributed by atoms with Crippen molar-refractivity contribution in [3.8, 4) is 0 Å². The van der Waals surface area contributed by atoms with Gasteiger partial charge >= 0.3 is 0 Å². The molecule has 1 aliphatic carbocycles. The van der Waals surface area contributed by atoms with Crippen LogP contribution >= 0.6 is 11.3 Å². The molecule has 0 aromatic carbocycles. The van der Waals surface area contributed by atoms with Crippen LogP contribution in [0.1, 0.15) is 24.6 Å². The normalized spacial score (nSPS) is 18.8. The maximum absolute atomic E-state index is 3.52. The van der Waals surface area contributed by atoms with Crippen molar-refractivity contribution in [2.24, 2.45) is 11.8 Å². The van der Waals surface area contributed by atoms with E-state index in [0.717, 1.165) is 18.4 Å². The van der Waals surface area contributed by atoms with E-state index >= 15 is 0 Å². The van der Waals surface area contributed by atoms with E-state index in [1.54, 1.807) is 0 Å². The molecule has 72 valence electrons. The minimum Gasteiger partial charge on any atom is -0.312 e. The first-order chi connectivity index (χ1) is 6.36. The molecule has 1 saturated carbocycles. The second-order valence-electron chi connectivity index (χ2n) is 4.02. The van der Waals surface area contributed by atoms with Gasteiger partial charge in [0.1, 0.15) is 0 Å². The smallest absolute Gasteiger partial charge is 0.0299 e. The third-order valence-electron chi connectivity index (χ3n) is 2.77. The molecule has 1 fully saturated rings. The van der Waals surface area contributed by atoms with E-state index in [0.29, 0.717) is 0 Å². The molecule has 1 aromatic heterocycles. The molecule has 1 nitrogen and oxygen atoms in total. The van der Waals surface area contributed by atoms with Crippen LogP contribution in [-0.2, 0) is 6.54 Å². The molecule has 2 heteroatoms. The van der Waals surface area contributed by atoms with Gasteiger partial charge in [0.25, 0.3) is 0 Å². The topological polar surface area (TPSA) is 12.0 Å². The predicted octanol–water partition coefficient (Wildman–Crippen LogP) is 2.88. The maximum atomic E-state index is 3.52. The van der Waals surface area contributed by atoms with Crippen LogP contribution in [0, 0.1) is 11.8 Å². The zero-order chi connectivity index (χ0) is 9.10. The summed E-state index contributed by atoms with van der Waals surface area (Å²) in [4.78, 5) is 1.45. The highest BCUT2D eigenvalue weighted by molar-refractivity contribution is 7.09. The number of hydrogen-bond donors (Lipinski definition) is 1. The second kappa shape index (κ2) is 4.25. The van der Waals surface area contributed by atoms with Gasteiger partial charge in [-0.15, -0.1) is 11.3 Å². The van der Waals surface area contributed by atoms with E-state index in [9.17, 15) is 0 Å². The lowest BCUT2D eigenvalue weighted by Gasteiger charge is -2.10. The number of rotatable bonds is 5. The number of thiophene rings is 1. The molecule has 0 saturated heterocycles. The number of hydrogen-bond acceptors (Lipinski definition) is 2. The first-order valence-electron chi connectivity index (χ1n) is 5.09. The van der Waals surface area contributed by atoms with Crippen LogP contribution in [0.5, 0.6) is 0 Å². The summed E-state index contributed by atoms with van der Waals surface area (Å²) in [5, 5.41) is 5.66. The third-order valence-corrected chi connectivity index (χ3v) is 3.65. The molecular formula is C11H17NS. The Balaban J connectivity index is 1.63. The van der Waals surface area contributed by atoms with E-state index in [1.165, 1.54) is 24.3 Å². The number of nitrogens with one attached hydrogen (secondary N) is 1. The van der Waals surface area contributed by atoms with Crippen LogP contribution in [-0.4, -0.2) is 6.54 Å². The van der Waals surface area contributed by atoms with E-state index in [2.05, 4.69) is 29.8 Å². The first kappa shape index (κ1) is 9.22. The van der Waals surface area contributed by atoms with Crippen molar-refractivity contribution < 1.29 is 0 Å². The van der Waals surface area contributed by atoms with Crippen LogP contribution < -0.4 is 5.32 Å². The summed E-state index contributed by atoms with van der Waals surface area (Å²) in [5.74, 6) is 1.90. The van der Waals surface area contributed by atoms with Gasteiger partial charge in [-0.2, -0.15) is 0 Å². The van der Waals surface area contributed by atoms with Crippen LogP contribution in [0.4, 0.5) is 0 Å². The van der Waals surface area contributed by atoms with Gasteiger partial charge in [-0.3, -0.25) is 0 Å². The van der Waals surface area contributed by atoms with Crippen molar-refractivity contribution in [1.29, 1.82) is 0 Å². The molecule has 0 amide bonds. The molecule has 1 unspecified atom stereocenters. The Morgan fingerprint density at radius 3 is 3.08 bits per heavy atom. The molecule has 1 aromatic rings. The van der Waals surface area contributed by atoms with Crippen LogP contribution in [0.25, 0.3) is 0 Å². The SMILES string of the molecule is CC(CNCc1cccs1)C1CC1. The van der Waals surface area contributed by atoms with Crippen LogP contribution in [0.2, 0.25) is 0 Å². The molecule has 1 heterocycles. The Morgan fingerprint density at radius 2 is 2.46 bits per heavy atom. The quantitative estimate of drug-likeness (QED) is 0.762. The Labute approximate surface area is 84.2 Å². The largest absolute Gasteiger partial charge is 0.312 e. The predicted molar refractivity (Wildman–Crippen MR) is 57.9 cm³/mol. The van der Waals surface area contributed by atoms with Crippen molar-refractivity contribution in [3.05, 3.63) is 22.4 Å². The fraction of sp³-hybridized carbons (Fsp3) is 0.636. The van der Waals surface area contributed by atoms with Crippen LogP contribution in [0.3, 0.4) is 0 Å². The summed E-state index contributed by atoms with van der Waals surface area (Å²) < 4.78 is 0. The van der Waals surface area contributed by atoms with E-state index in [-0.39, 0.29) is 0 Å². The van der Waals surface area contributed by atoms with Crippen molar-refractivity contribution in [2.45, 2.75) is 26.3 Å². The average Bonchev–Trinajstić information content (AvgIpc) is 2.86. The molecular weight excluding hydrogens is 178 g/mol. The maximum Gasteiger partial charge on any atom is 0.0299 e. The average molecular weight is 195 g/mol. The van der Waals surface area contributed by atoms with Gasteiger partial charge < -0.3 is 5.32 Å². The van der Waals surface area contributed by atoms with Crippen molar-refractivity contribution >= 4 is 11.3 Å². The molecule has 1 atom stereocenters. The molecule has 1 aliphatic rings. The zero-order valence-corrected chi connectivity index (χ0v) is 8.94. The Bertz CT molecular complexity index is 239. The lowest BCUT2D eigenvalue weighted by molar-refractivity contribution is 0.463. The molecule has 0 spiro atoms. The van der Waals surface area contributed by atoms with Crippen molar-refractivity contribution in [3.63, 3.8) is 0 Å². The highest BCUT2D eigenvalue weighted by Crippen LogP contribution is 2.36. The van der Waals surface area contributed by atoms with Gasteiger partial charge in [0.15, 0.2) is 0 Å². The van der Waals surface area contributed by atoms with Gasteiger partial charge in [0.2, 0.25) is 0 Å². The van der Waals surface area contributed by atoms with Crippen molar-refractivity contribution in [2.75, 3.05) is 6.54 Å². The lowest BCUT2D eigenvalue weighted by Crippen LogP contribution is -2.21. The molecule has 2 rings (SSSR count). The Hall–Kier alpha value is -0.340. The summed E-state index contributed by atoms with van der Waals surface area (Å²) in [6, 6.07) is 4.31. The lowest BCUT2D eigenvalue weighted by atomic mass is 10.1. The van der Waals surface area contributed by atoms with Gasteiger partial charge in [-0.25, -0.2) is 0 Å². The summed E-state index contributed by atoms with van der Waals surface area (Å²) in [5.41, 5.74) is 0. The van der Waals surface area contributed by atoms with Gasteiger partial charge in [0.05, 0.1) is 0 Å². The van der Waals surface area contributed by atoms with Gasteiger partial charge in [-0.05, 0) is 42.7 Å². The van der Waals surface area contributed by atoms with E-state index in [1.807, 2.05) is 11.3 Å². The molecule has 0 bridgehead atoms. The van der Waals surface area contributed by atoms with Gasteiger partial charge in [0, 0.05) is 11.4 Å². The molecule has 1 N–H and O–H groups in total. The molecule has 13 heavy (non-hydrogen) atoms. The van der Waals surface area contributed by atoms with Gasteiger partial charge in [-0.1, -0.05) is 13.0 Å². The third kappa shape index (κ3) is 2.82. The standard InChI is InChI=1S/C11H17NS/c1-9(10-4-5-10)7-12-8-11-3-2-6-13-11/h2-3,6,9-10,12H,4-5,7-8H2,1H3. The highest BCUT2D eigenvalue weighted by atomic mass is 32.1. The molecule has 0 radical (unpaired) electrons. The fourth-order valence-electron chi connectivity index (χ4n) is 1.67. The van der Waals surface area contributed by atoms with E-state index < -0.39 is 0 Å². The fourth-order valence-corrected chi connectivity index (χ4v) is 2.34. The van der Waals surface area contributed by atoms with Crippen LogP contribution in [0.15, 0.2) is 17.5 Å². The Morgan fingerprint density at radius 1 is 1.62 bits per heavy atom. The summed E-state index contributed by atoms with van der Waals surface area (Å²) >= 11 is 1.84. The minimum atomic E-state index is 0.875. The summed E-state index contributed by atoms with van der Waals surface area (Å²) in [7, 11) is 0. The second-order valence-corrected chi connectivity index (χ2v) is 5.06. The summed E-state index contributed by atoms with van der Waals surface area (Å²) in [6.07, 6.45) is 2.92. The monoisotopic (exact) mass is 195 g/mol. The minimum absolute atomic E-state index is 0.875. The van der Waals surface area contributed by atoms with Crippen molar-refractivity contribution in [1.82, 2.24) is 5.32 Å². The summed E-state index contributed by atoms with van der Waals surface area (Å²) in [6.45, 7) is 4.59. The molecule has 0 aliphatic heterocycles.